The molecule has 1 unspecified atom stereocenters. The number of pyridine rings is 1. The molecule has 0 spiro atoms. The Bertz CT molecular complexity index is 1060. The van der Waals surface area contributed by atoms with Crippen LogP contribution in [0.1, 0.15) is 54.2 Å². The first-order valence-corrected chi connectivity index (χ1v) is 12.5. The molecule has 0 saturated carbocycles. The van der Waals surface area contributed by atoms with Gasteiger partial charge in [-0.05, 0) is 56.7 Å². The standard InChI is InChI=1S/C24H28F3N5OS/c1-16(22(33)30-23-19(14-28)18-6-3-2-4-7-20(18)34-23)31-10-5-11-32(13-12-31)21-9-8-17(15-29-21)24(25,26)27/h8-9,15-16H,2-7,10-13H2,1H3,(H,30,33). The van der Waals surface area contributed by atoms with Crippen molar-refractivity contribution in [1.29, 1.82) is 5.26 Å². The molecule has 1 atom stereocenters. The quantitative estimate of drug-likeness (QED) is 0.620. The fraction of sp³-hybridized carbons (Fsp3) is 0.542. The van der Waals surface area contributed by atoms with Gasteiger partial charge in [0.2, 0.25) is 5.91 Å². The zero-order valence-electron chi connectivity index (χ0n) is 19.1. The molecule has 1 saturated heterocycles. The maximum absolute atomic E-state index is 13.1. The van der Waals surface area contributed by atoms with E-state index in [1.165, 1.54) is 28.7 Å². The molecule has 4 rings (SSSR count). The molecule has 3 heterocycles. The maximum atomic E-state index is 13.1. The molecule has 2 aromatic heterocycles. The van der Waals surface area contributed by atoms with Gasteiger partial charge in [0.05, 0.1) is 17.2 Å². The number of carbonyl (C=O) groups excluding carboxylic acids is 1. The molecule has 1 aliphatic carbocycles. The number of nitriles is 1. The number of rotatable bonds is 4. The van der Waals surface area contributed by atoms with Crippen LogP contribution in [0.4, 0.5) is 24.0 Å². The van der Waals surface area contributed by atoms with Crippen LogP contribution in [0, 0.1) is 11.3 Å². The van der Waals surface area contributed by atoms with Gasteiger partial charge in [-0.15, -0.1) is 11.3 Å². The third-order valence-electron chi connectivity index (χ3n) is 6.63. The third kappa shape index (κ3) is 5.36. The number of anilines is 2. The van der Waals surface area contributed by atoms with Crippen molar-refractivity contribution in [3.8, 4) is 6.07 Å². The number of aryl methyl sites for hydroxylation is 1. The van der Waals surface area contributed by atoms with Crippen molar-refractivity contribution in [2.75, 3.05) is 36.4 Å². The topological polar surface area (TPSA) is 72.3 Å². The van der Waals surface area contributed by atoms with Crippen molar-refractivity contribution in [3.05, 3.63) is 39.9 Å². The molecular weight excluding hydrogens is 463 g/mol. The number of carbonyl (C=O) groups is 1. The summed E-state index contributed by atoms with van der Waals surface area (Å²) in [4.78, 5) is 22.3. The smallest absolute Gasteiger partial charge is 0.355 e. The number of nitrogens with zero attached hydrogens (tertiary/aromatic N) is 4. The zero-order chi connectivity index (χ0) is 24.3. The molecule has 34 heavy (non-hydrogen) atoms. The van der Waals surface area contributed by atoms with E-state index in [0.29, 0.717) is 42.6 Å². The van der Waals surface area contributed by atoms with Crippen molar-refractivity contribution in [3.63, 3.8) is 0 Å². The van der Waals surface area contributed by atoms with Gasteiger partial charge in [-0.1, -0.05) is 6.42 Å². The molecule has 0 radical (unpaired) electrons. The molecule has 1 N–H and O–H groups in total. The normalized spacial score (nSPS) is 18.4. The average Bonchev–Trinajstić information content (AvgIpc) is 3.01. The number of alkyl halides is 3. The average molecular weight is 492 g/mol. The predicted molar refractivity (Wildman–Crippen MR) is 126 cm³/mol. The summed E-state index contributed by atoms with van der Waals surface area (Å²) in [6.07, 6.45) is 2.41. The minimum absolute atomic E-state index is 0.144. The molecule has 1 amide bonds. The van der Waals surface area contributed by atoms with Crippen molar-refractivity contribution in [1.82, 2.24) is 9.88 Å². The summed E-state index contributed by atoms with van der Waals surface area (Å²) in [7, 11) is 0. The van der Waals surface area contributed by atoms with Crippen LogP contribution in [0.5, 0.6) is 0 Å². The van der Waals surface area contributed by atoms with Gasteiger partial charge in [0.25, 0.3) is 0 Å². The van der Waals surface area contributed by atoms with E-state index in [4.69, 9.17) is 0 Å². The summed E-state index contributed by atoms with van der Waals surface area (Å²) in [6, 6.07) is 4.36. The predicted octanol–water partition coefficient (Wildman–Crippen LogP) is 4.84. The lowest BCUT2D eigenvalue weighted by molar-refractivity contribution is -0.137. The van der Waals surface area contributed by atoms with Crippen LogP contribution in [0.3, 0.4) is 0 Å². The van der Waals surface area contributed by atoms with Crippen molar-refractivity contribution >= 4 is 28.1 Å². The summed E-state index contributed by atoms with van der Waals surface area (Å²) in [5, 5.41) is 13.4. The molecule has 2 aromatic rings. The Balaban J connectivity index is 1.39. The maximum Gasteiger partial charge on any atom is 0.417 e. The highest BCUT2D eigenvalue weighted by molar-refractivity contribution is 7.16. The Morgan fingerprint density at radius 1 is 1.15 bits per heavy atom. The van der Waals surface area contributed by atoms with Crippen molar-refractivity contribution < 1.29 is 18.0 Å². The van der Waals surface area contributed by atoms with Crippen molar-refractivity contribution in [2.45, 2.75) is 57.7 Å². The Morgan fingerprint density at radius 3 is 2.65 bits per heavy atom. The Hall–Kier alpha value is -2.64. The lowest BCUT2D eigenvalue weighted by atomic mass is 10.1. The van der Waals surface area contributed by atoms with Crippen molar-refractivity contribution in [2.24, 2.45) is 0 Å². The number of hydrogen-bond donors (Lipinski definition) is 1. The second kappa shape index (κ2) is 10.3. The summed E-state index contributed by atoms with van der Waals surface area (Å²) >= 11 is 1.53. The molecule has 0 bridgehead atoms. The Labute approximate surface area is 201 Å². The van der Waals surface area contributed by atoms with E-state index in [1.54, 1.807) is 0 Å². The van der Waals surface area contributed by atoms with Crippen LogP contribution in [0.2, 0.25) is 0 Å². The number of amides is 1. The number of aromatic nitrogens is 1. The highest BCUT2D eigenvalue weighted by atomic mass is 32.1. The van der Waals surface area contributed by atoms with E-state index in [2.05, 4.69) is 21.3 Å². The number of halogens is 3. The number of fused-ring (bicyclic) bond motifs is 1. The highest BCUT2D eigenvalue weighted by Crippen LogP contribution is 2.37. The summed E-state index contributed by atoms with van der Waals surface area (Å²) < 4.78 is 38.4. The molecule has 1 fully saturated rings. The van der Waals surface area contributed by atoms with E-state index in [1.807, 2.05) is 11.8 Å². The van der Waals surface area contributed by atoms with Crippen LogP contribution in [-0.2, 0) is 23.8 Å². The first kappa shape index (κ1) is 24.5. The first-order valence-electron chi connectivity index (χ1n) is 11.7. The SMILES string of the molecule is CC(C(=O)Nc1sc2c(c1C#N)CCCCC2)N1CCCN(c2ccc(C(F)(F)F)cn2)CC1. The van der Waals surface area contributed by atoms with E-state index in [-0.39, 0.29) is 5.91 Å². The van der Waals surface area contributed by atoms with E-state index in [0.717, 1.165) is 49.9 Å². The molecular formula is C24H28F3N5OS. The van der Waals surface area contributed by atoms with E-state index in [9.17, 15) is 23.2 Å². The van der Waals surface area contributed by atoms with Crippen LogP contribution < -0.4 is 10.2 Å². The van der Waals surface area contributed by atoms with Gasteiger partial charge in [-0.2, -0.15) is 18.4 Å². The highest BCUT2D eigenvalue weighted by Gasteiger charge is 2.31. The number of hydrogen-bond acceptors (Lipinski definition) is 6. The minimum atomic E-state index is -4.41. The first-order chi connectivity index (χ1) is 16.3. The second-order valence-electron chi connectivity index (χ2n) is 8.83. The second-order valence-corrected chi connectivity index (χ2v) is 9.93. The summed E-state index contributed by atoms with van der Waals surface area (Å²) in [6.45, 7) is 4.35. The Morgan fingerprint density at radius 2 is 1.94 bits per heavy atom. The summed E-state index contributed by atoms with van der Waals surface area (Å²) in [5.41, 5.74) is 0.945. The monoisotopic (exact) mass is 491 g/mol. The van der Waals surface area contributed by atoms with Gasteiger partial charge in [0, 0.05) is 37.3 Å². The molecule has 2 aliphatic rings. The van der Waals surface area contributed by atoms with Gasteiger partial charge < -0.3 is 10.2 Å². The van der Waals surface area contributed by atoms with Crippen LogP contribution in [0.15, 0.2) is 18.3 Å². The van der Waals surface area contributed by atoms with Crippen LogP contribution in [-0.4, -0.2) is 48.0 Å². The van der Waals surface area contributed by atoms with E-state index < -0.39 is 17.8 Å². The fourth-order valence-corrected chi connectivity index (χ4v) is 5.87. The van der Waals surface area contributed by atoms with Gasteiger partial charge in [-0.25, -0.2) is 4.98 Å². The van der Waals surface area contributed by atoms with Gasteiger partial charge in [0.15, 0.2) is 0 Å². The minimum Gasteiger partial charge on any atom is -0.355 e. The van der Waals surface area contributed by atoms with Crippen LogP contribution in [0.25, 0.3) is 0 Å². The third-order valence-corrected chi connectivity index (χ3v) is 7.83. The van der Waals surface area contributed by atoms with Gasteiger partial charge in [0.1, 0.15) is 16.9 Å². The van der Waals surface area contributed by atoms with Crippen LogP contribution >= 0.6 is 11.3 Å². The lowest BCUT2D eigenvalue weighted by Crippen LogP contribution is -2.44. The molecule has 10 heteroatoms. The number of nitrogens with one attached hydrogen (secondary N) is 1. The van der Waals surface area contributed by atoms with Gasteiger partial charge in [-0.3, -0.25) is 9.69 Å². The Kier molecular flexibility index (Phi) is 7.43. The molecule has 182 valence electrons. The molecule has 1 aliphatic heterocycles. The largest absolute Gasteiger partial charge is 0.417 e. The van der Waals surface area contributed by atoms with E-state index >= 15 is 0 Å². The lowest BCUT2D eigenvalue weighted by Gasteiger charge is -2.27. The van der Waals surface area contributed by atoms with Gasteiger partial charge >= 0.3 is 6.18 Å². The molecule has 6 nitrogen and oxygen atoms in total. The number of thiophene rings is 1. The zero-order valence-corrected chi connectivity index (χ0v) is 19.9. The molecule has 0 aromatic carbocycles. The fourth-order valence-electron chi connectivity index (χ4n) is 4.63. The summed E-state index contributed by atoms with van der Waals surface area (Å²) in [5.74, 6) is 0.361.